The molecule has 0 saturated heterocycles. The zero-order chi connectivity index (χ0) is 16.2. The summed E-state index contributed by atoms with van der Waals surface area (Å²) >= 11 is 0. The lowest BCUT2D eigenvalue weighted by Gasteiger charge is -2.21. The summed E-state index contributed by atoms with van der Waals surface area (Å²) in [6.45, 7) is 4.08. The van der Waals surface area contributed by atoms with Crippen LogP contribution < -0.4 is 10.6 Å². The van der Waals surface area contributed by atoms with Gasteiger partial charge in [-0.05, 0) is 26.7 Å². The number of nitrogens with two attached hydrogens (primary N) is 1. The van der Waals surface area contributed by atoms with Gasteiger partial charge in [-0.15, -0.1) is 0 Å². The van der Waals surface area contributed by atoms with Gasteiger partial charge >= 0.3 is 0 Å². The van der Waals surface area contributed by atoms with Crippen LogP contribution in [-0.2, 0) is 4.79 Å². The molecule has 0 aromatic heterocycles. The molecule has 0 unspecified atom stereocenters. The summed E-state index contributed by atoms with van der Waals surface area (Å²) in [5, 5.41) is 5.27. The third-order valence-electron chi connectivity index (χ3n) is 4.41. The molecule has 2 atom stereocenters. The molecule has 1 saturated carbocycles. The second kappa shape index (κ2) is 6.97. The number of hydrogen-bond donors (Lipinski definition) is 2. The van der Waals surface area contributed by atoms with E-state index in [-0.39, 0.29) is 18.0 Å². The average molecular weight is 309 g/mol. The molecule has 3 nitrogen and oxygen atoms in total. The van der Waals surface area contributed by atoms with E-state index in [2.05, 4.69) is 66.1 Å². The Kier molecular flexibility index (Phi) is 4.77. The Morgan fingerprint density at radius 2 is 1.65 bits per heavy atom. The van der Waals surface area contributed by atoms with Crippen molar-refractivity contribution in [3.05, 3.63) is 71.3 Å². The first-order valence-corrected chi connectivity index (χ1v) is 8.40. The molecule has 3 rings (SSSR count). The summed E-state index contributed by atoms with van der Waals surface area (Å²) in [5.74, 6) is 0.139. The van der Waals surface area contributed by atoms with Crippen LogP contribution in [0.5, 0.6) is 0 Å². The van der Waals surface area contributed by atoms with E-state index >= 15 is 0 Å². The third kappa shape index (κ3) is 4.20. The largest absolute Gasteiger partial charge is 0.348 e. The normalized spacial score (nSPS) is 16.6. The van der Waals surface area contributed by atoms with Gasteiger partial charge < -0.3 is 10.6 Å². The van der Waals surface area contributed by atoms with Gasteiger partial charge in [-0.3, -0.25) is 4.79 Å². The maximum Gasteiger partial charge on any atom is 0.278 e. The highest BCUT2D eigenvalue weighted by molar-refractivity contribution is 5.80. The molecule has 1 fully saturated rings. The summed E-state index contributed by atoms with van der Waals surface area (Å²) in [5.41, 5.74) is 3.70. The molecule has 120 valence electrons. The van der Waals surface area contributed by atoms with Gasteiger partial charge in [-0.25, -0.2) is 0 Å². The fourth-order valence-corrected chi connectivity index (χ4v) is 2.79. The van der Waals surface area contributed by atoms with Crippen molar-refractivity contribution >= 4 is 5.91 Å². The molecule has 2 aromatic rings. The van der Waals surface area contributed by atoms with Crippen molar-refractivity contribution in [3.63, 3.8) is 0 Å². The maximum atomic E-state index is 12.3. The summed E-state index contributed by atoms with van der Waals surface area (Å²) < 4.78 is 0. The maximum absolute atomic E-state index is 12.3. The van der Waals surface area contributed by atoms with E-state index in [0.29, 0.717) is 6.04 Å². The molecule has 2 aromatic carbocycles. The van der Waals surface area contributed by atoms with Crippen molar-refractivity contribution in [2.75, 3.05) is 0 Å². The molecule has 0 aliphatic heterocycles. The van der Waals surface area contributed by atoms with Crippen molar-refractivity contribution in [1.29, 1.82) is 0 Å². The highest BCUT2D eigenvalue weighted by Gasteiger charge is 2.29. The van der Waals surface area contributed by atoms with Crippen LogP contribution in [0.25, 0.3) is 0 Å². The summed E-state index contributed by atoms with van der Waals surface area (Å²) in [4.78, 5) is 12.3. The summed E-state index contributed by atoms with van der Waals surface area (Å²) in [6.07, 6.45) is 2.25. The number of carbonyl (C=O) groups excluding carboxylic acids is 1. The highest BCUT2D eigenvalue weighted by atomic mass is 16.2. The van der Waals surface area contributed by atoms with E-state index in [1.54, 1.807) is 0 Å². The van der Waals surface area contributed by atoms with E-state index < -0.39 is 0 Å². The number of hydrogen-bond acceptors (Lipinski definition) is 1. The zero-order valence-corrected chi connectivity index (χ0v) is 13.8. The molecule has 3 heteroatoms. The first kappa shape index (κ1) is 15.8. The van der Waals surface area contributed by atoms with Crippen molar-refractivity contribution in [3.8, 4) is 0 Å². The van der Waals surface area contributed by atoms with E-state index in [4.69, 9.17) is 0 Å². The molecule has 0 heterocycles. The lowest BCUT2D eigenvalue weighted by Crippen LogP contribution is -2.92. The van der Waals surface area contributed by atoms with Crippen molar-refractivity contribution < 1.29 is 10.1 Å². The van der Waals surface area contributed by atoms with Crippen LogP contribution in [0.4, 0.5) is 0 Å². The number of quaternary nitrogens is 1. The predicted octanol–water partition coefficient (Wildman–Crippen LogP) is 2.31. The molecule has 3 N–H and O–H groups in total. The summed E-state index contributed by atoms with van der Waals surface area (Å²) in [6, 6.07) is 19.4. The lowest BCUT2D eigenvalue weighted by molar-refractivity contribution is -0.704. The minimum Gasteiger partial charge on any atom is -0.348 e. The van der Waals surface area contributed by atoms with Crippen LogP contribution in [0.1, 0.15) is 42.5 Å². The van der Waals surface area contributed by atoms with E-state index in [0.717, 1.165) is 12.8 Å². The molecule has 1 aliphatic rings. The van der Waals surface area contributed by atoms with E-state index in [1.165, 1.54) is 16.7 Å². The predicted molar refractivity (Wildman–Crippen MR) is 92.0 cm³/mol. The molecule has 23 heavy (non-hydrogen) atoms. The van der Waals surface area contributed by atoms with Crippen LogP contribution in [0, 0.1) is 6.92 Å². The number of rotatable bonds is 6. The average Bonchev–Trinajstić information content (AvgIpc) is 3.38. The Hall–Kier alpha value is -2.13. The number of aryl methyl sites for hydroxylation is 1. The lowest BCUT2D eigenvalue weighted by atomic mass is 9.97. The molecular formula is C20H25N2O+. The first-order valence-electron chi connectivity index (χ1n) is 8.40. The van der Waals surface area contributed by atoms with Gasteiger partial charge in [0.15, 0.2) is 6.04 Å². The number of amides is 1. The molecular weight excluding hydrogens is 284 g/mol. The van der Waals surface area contributed by atoms with Gasteiger partial charge in [-0.2, -0.15) is 0 Å². The third-order valence-corrected chi connectivity index (χ3v) is 4.41. The topological polar surface area (TPSA) is 45.7 Å². The fraction of sp³-hybridized carbons (Fsp3) is 0.350. The van der Waals surface area contributed by atoms with Gasteiger partial charge in [0.2, 0.25) is 0 Å². The van der Waals surface area contributed by atoms with Crippen LogP contribution in [0.15, 0.2) is 54.6 Å². The van der Waals surface area contributed by atoms with Crippen LogP contribution in [-0.4, -0.2) is 18.0 Å². The van der Waals surface area contributed by atoms with Crippen LogP contribution in [0.2, 0.25) is 0 Å². The van der Waals surface area contributed by atoms with Crippen molar-refractivity contribution in [2.45, 2.75) is 44.8 Å². The number of carbonyl (C=O) groups is 1. The van der Waals surface area contributed by atoms with Crippen molar-refractivity contribution in [1.82, 2.24) is 5.32 Å². The van der Waals surface area contributed by atoms with Crippen LogP contribution >= 0.6 is 0 Å². The second-order valence-electron chi connectivity index (χ2n) is 6.56. The SMILES string of the molecule is Cc1ccc([C@@H]([NH2+][C@H](C)C(=O)NC2CC2)c2ccccc2)cc1. The quantitative estimate of drug-likeness (QED) is 0.845. The first-order chi connectivity index (χ1) is 11.1. The Morgan fingerprint density at radius 3 is 2.26 bits per heavy atom. The molecule has 0 radical (unpaired) electrons. The standard InChI is InChI=1S/C20H24N2O/c1-14-8-10-17(11-9-14)19(16-6-4-3-5-7-16)21-15(2)20(23)22-18-12-13-18/h3-11,15,18-19,21H,12-13H2,1-2H3,(H,22,23)/p+1/t15-,19+/m1/s1. The Bertz CT molecular complexity index is 647. The van der Waals surface area contributed by atoms with Gasteiger partial charge in [0.25, 0.3) is 5.91 Å². The smallest absolute Gasteiger partial charge is 0.278 e. The molecule has 1 aliphatic carbocycles. The summed E-state index contributed by atoms with van der Waals surface area (Å²) in [7, 11) is 0. The van der Waals surface area contributed by atoms with E-state index in [1.807, 2.05) is 13.0 Å². The molecule has 1 amide bonds. The Labute approximate surface area is 138 Å². The zero-order valence-electron chi connectivity index (χ0n) is 13.8. The molecule has 0 bridgehead atoms. The second-order valence-corrected chi connectivity index (χ2v) is 6.56. The van der Waals surface area contributed by atoms with E-state index in [9.17, 15) is 4.79 Å². The minimum absolute atomic E-state index is 0.109. The van der Waals surface area contributed by atoms with Gasteiger partial charge in [0, 0.05) is 17.2 Å². The number of nitrogens with one attached hydrogen (secondary N) is 1. The van der Waals surface area contributed by atoms with Gasteiger partial charge in [0.1, 0.15) is 6.04 Å². The van der Waals surface area contributed by atoms with Gasteiger partial charge in [0.05, 0.1) is 0 Å². The van der Waals surface area contributed by atoms with Crippen molar-refractivity contribution in [2.24, 2.45) is 0 Å². The monoisotopic (exact) mass is 309 g/mol. The highest BCUT2D eigenvalue weighted by Crippen LogP contribution is 2.20. The minimum atomic E-state index is -0.109. The van der Waals surface area contributed by atoms with Crippen LogP contribution in [0.3, 0.4) is 0 Å². The van der Waals surface area contributed by atoms with Gasteiger partial charge in [-0.1, -0.05) is 60.2 Å². The fourth-order valence-electron chi connectivity index (χ4n) is 2.79. The Balaban J connectivity index is 1.80. The number of benzene rings is 2. The molecule has 0 spiro atoms. The Morgan fingerprint density at radius 1 is 1.04 bits per heavy atom.